The van der Waals surface area contributed by atoms with Crippen molar-refractivity contribution in [3.05, 3.63) is 29.6 Å². The van der Waals surface area contributed by atoms with Gasteiger partial charge in [0, 0.05) is 19.0 Å². The Balaban J connectivity index is 2.60. The molecule has 1 amide bonds. The Labute approximate surface area is 118 Å². The van der Waals surface area contributed by atoms with Crippen molar-refractivity contribution in [3.8, 4) is 0 Å². The third-order valence-electron chi connectivity index (χ3n) is 2.67. The van der Waals surface area contributed by atoms with Crippen LogP contribution in [0.4, 0.5) is 4.39 Å². The van der Waals surface area contributed by atoms with Gasteiger partial charge in [0.25, 0.3) is 0 Å². The summed E-state index contributed by atoms with van der Waals surface area (Å²) in [6.07, 6.45) is 0. The molecule has 0 saturated heterocycles. The van der Waals surface area contributed by atoms with Crippen molar-refractivity contribution in [2.45, 2.75) is 25.7 Å². The third kappa shape index (κ3) is 4.57. The summed E-state index contributed by atoms with van der Waals surface area (Å²) in [6.45, 7) is 5.31. The van der Waals surface area contributed by atoms with E-state index in [-0.39, 0.29) is 29.8 Å². The zero-order chi connectivity index (χ0) is 15.3. The van der Waals surface area contributed by atoms with Gasteiger partial charge in [-0.2, -0.15) is 0 Å². The second-order valence-corrected chi connectivity index (χ2v) is 6.49. The second-order valence-electron chi connectivity index (χ2n) is 4.75. The molecule has 0 aliphatic carbocycles. The smallest absolute Gasteiger partial charge is 0.240 e. The summed E-state index contributed by atoms with van der Waals surface area (Å²) in [5.41, 5.74) is 0.337. The van der Waals surface area contributed by atoms with Crippen LogP contribution in [0.2, 0.25) is 0 Å². The fraction of sp³-hybridized carbons (Fsp3) is 0.462. The number of sulfonamides is 1. The van der Waals surface area contributed by atoms with Crippen LogP contribution in [0.1, 0.15) is 19.4 Å². The van der Waals surface area contributed by atoms with Gasteiger partial charge in [0.05, 0.1) is 4.90 Å². The average Bonchev–Trinajstić information content (AvgIpc) is 2.33. The molecular formula is C13H19FN2O3S. The number of rotatable bonds is 6. The van der Waals surface area contributed by atoms with Gasteiger partial charge in [0.15, 0.2) is 0 Å². The average molecular weight is 302 g/mol. The highest BCUT2D eigenvalue weighted by atomic mass is 32.2. The molecule has 0 spiro atoms. The largest absolute Gasteiger partial charge is 0.355 e. The van der Waals surface area contributed by atoms with E-state index in [1.54, 1.807) is 13.8 Å². The van der Waals surface area contributed by atoms with E-state index < -0.39 is 15.8 Å². The Morgan fingerprint density at radius 3 is 2.50 bits per heavy atom. The monoisotopic (exact) mass is 302 g/mol. The van der Waals surface area contributed by atoms with Crippen molar-refractivity contribution < 1.29 is 17.6 Å². The van der Waals surface area contributed by atoms with Gasteiger partial charge in [-0.1, -0.05) is 13.8 Å². The highest BCUT2D eigenvalue weighted by Gasteiger charge is 2.16. The number of aryl methyl sites for hydroxylation is 1. The van der Waals surface area contributed by atoms with Crippen molar-refractivity contribution >= 4 is 15.9 Å². The summed E-state index contributed by atoms with van der Waals surface area (Å²) in [5, 5.41) is 2.60. The molecule has 20 heavy (non-hydrogen) atoms. The summed E-state index contributed by atoms with van der Waals surface area (Å²) in [5.74, 6) is -0.765. The van der Waals surface area contributed by atoms with Crippen LogP contribution in [0.5, 0.6) is 0 Å². The van der Waals surface area contributed by atoms with Crippen molar-refractivity contribution in [1.82, 2.24) is 10.0 Å². The molecule has 2 N–H and O–H groups in total. The minimum atomic E-state index is -3.69. The summed E-state index contributed by atoms with van der Waals surface area (Å²) >= 11 is 0. The van der Waals surface area contributed by atoms with Gasteiger partial charge in [0.2, 0.25) is 15.9 Å². The lowest BCUT2D eigenvalue weighted by atomic mass is 10.2. The van der Waals surface area contributed by atoms with Crippen molar-refractivity contribution in [2.24, 2.45) is 5.92 Å². The Morgan fingerprint density at radius 1 is 1.30 bits per heavy atom. The second kappa shape index (κ2) is 6.81. The standard InChI is InChI=1S/C13H19FN2O3S/c1-9(2)13(17)15-6-7-16-20(18,19)12-5-4-11(14)8-10(12)3/h4-5,8-9,16H,6-7H2,1-3H3,(H,15,17). The van der Waals surface area contributed by atoms with Gasteiger partial charge >= 0.3 is 0 Å². The molecule has 1 rings (SSSR count). The van der Waals surface area contributed by atoms with E-state index in [1.165, 1.54) is 13.0 Å². The molecule has 1 aromatic rings. The topological polar surface area (TPSA) is 75.3 Å². The van der Waals surface area contributed by atoms with Crippen LogP contribution in [-0.4, -0.2) is 27.4 Å². The van der Waals surface area contributed by atoms with E-state index in [0.717, 1.165) is 12.1 Å². The normalized spacial score (nSPS) is 11.7. The van der Waals surface area contributed by atoms with Gasteiger partial charge in [0.1, 0.15) is 5.82 Å². The molecule has 0 heterocycles. The van der Waals surface area contributed by atoms with Gasteiger partial charge in [-0.25, -0.2) is 17.5 Å². The van der Waals surface area contributed by atoms with Crippen molar-refractivity contribution in [2.75, 3.05) is 13.1 Å². The lowest BCUT2D eigenvalue weighted by Gasteiger charge is -2.11. The molecule has 0 radical (unpaired) electrons. The maximum atomic E-state index is 12.9. The molecule has 0 aliphatic rings. The first-order valence-corrected chi connectivity index (χ1v) is 7.76. The molecule has 0 aromatic heterocycles. The molecular weight excluding hydrogens is 283 g/mol. The molecule has 5 nitrogen and oxygen atoms in total. The molecule has 0 atom stereocenters. The number of benzene rings is 1. The maximum Gasteiger partial charge on any atom is 0.240 e. The molecule has 0 fully saturated rings. The van der Waals surface area contributed by atoms with Crippen LogP contribution in [-0.2, 0) is 14.8 Å². The fourth-order valence-electron chi connectivity index (χ4n) is 1.57. The Bertz CT molecular complexity index is 585. The highest BCUT2D eigenvalue weighted by molar-refractivity contribution is 7.89. The van der Waals surface area contributed by atoms with Gasteiger partial charge < -0.3 is 5.32 Å². The van der Waals surface area contributed by atoms with E-state index in [4.69, 9.17) is 0 Å². The van der Waals surface area contributed by atoms with Crippen LogP contribution >= 0.6 is 0 Å². The van der Waals surface area contributed by atoms with Crippen LogP contribution in [0, 0.1) is 18.7 Å². The molecule has 0 aliphatic heterocycles. The molecule has 0 saturated carbocycles. The Kier molecular flexibility index (Phi) is 5.64. The van der Waals surface area contributed by atoms with E-state index in [9.17, 15) is 17.6 Å². The number of carbonyl (C=O) groups is 1. The minimum absolute atomic E-state index is 0.0362. The quantitative estimate of drug-likeness (QED) is 0.775. The first-order chi connectivity index (χ1) is 9.24. The van der Waals surface area contributed by atoms with Crippen LogP contribution in [0.25, 0.3) is 0 Å². The Morgan fingerprint density at radius 2 is 1.95 bits per heavy atom. The number of halogens is 1. The SMILES string of the molecule is Cc1cc(F)ccc1S(=O)(=O)NCCNC(=O)C(C)C. The molecule has 1 aromatic carbocycles. The van der Waals surface area contributed by atoms with Crippen LogP contribution in [0.3, 0.4) is 0 Å². The van der Waals surface area contributed by atoms with E-state index in [0.29, 0.717) is 5.56 Å². The number of carbonyl (C=O) groups excluding carboxylic acids is 1. The van der Waals surface area contributed by atoms with Crippen molar-refractivity contribution in [1.29, 1.82) is 0 Å². The number of amides is 1. The van der Waals surface area contributed by atoms with E-state index in [2.05, 4.69) is 10.0 Å². The van der Waals surface area contributed by atoms with Gasteiger partial charge in [-0.15, -0.1) is 0 Å². The lowest BCUT2D eigenvalue weighted by molar-refractivity contribution is -0.123. The van der Waals surface area contributed by atoms with Gasteiger partial charge in [-0.3, -0.25) is 4.79 Å². The summed E-state index contributed by atoms with van der Waals surface area (Å²) in [7, 11) is -3.69. The maximum absolute atomic E-state index is 12.9. The summed E-state index contributed by atoms with van der Waals surface area (Å²) in [4.78, 5) is 11.3. The third-order valence-corrected chi connectivity index (χ3v) is 4.29. The zero-order valence-electron chi connectivity index (χ0n) is 11.7. The lowest BCUT2D eigenvalue weighted by Crippen LogP contribution is -2.36. The van der Waals surface area contributed by atoms with E-state index in [1.807, 2.05) is 0 Å². The predicted octanol–water partition coefficient (Wildman–Crippen LogP) is 1.18. The first-order valence-electron chi connectivity index (χ1n) is 6.27. The van der Waals surface area contributed by atoms with Crippen LogP contribution < -0.4 is 10.0 Å². The predicted molar refractivity (Wildman–Crippen MR) is 74.2 cm³/mol. The Hall–Kier alpha value is -1.47. The fourth-order valence-corrected chi connectivity index (χ4v) is 2.82. The summed E-state index contributed by atoms with van der Waals surface area (Å²) in [6, 6.07) is 3.48. The molecule has 7 heteroatoms. The molecule has 0 bridgehead atoms. The minimum Gasteiger partial charge on any atom is -0.355 e. The number of nitrogens with one attached hydrogen (secondary N) is 2. The van der Waals surface area contributed by atoms with Crippen LogP contribution in [0.15, 0.2) is 23.1 Å². The van der Waals surface area contributed by atoms with E-state index >= 15 is 0 Å². The van der Waals surface area contributed by atoms with Crippen molar-refractivity contribution in [3.63, 3.8) is 0 Å². The zero-order valence-corrected chi connectivity index (χ0v) is 12.6. The highest BCUT2D eigenvalue weighted by Crippen LogP contribution is 2.15. The van der Waals surface area contributed by atoms with Gasteiger partial charge in [-0.05, 0) is 30.7 Å². The molecule has 112 valence electrons. The first kappa shape index (κ1) is 16.6. The summed E-state index contributed by atoms with van der Waals surface area (Å²) < 4.78 is 39.3. The number of hydrogen-bond donors (Lipinski definition) is 2. The molecule has 0 unspecified atom stereocenters. The number of hydrogen-bond acceptors (Lipinski definition) is 3.